The zero-order valence-electron chi connectivity index (χ0n) is 12.9. The first-order valence-electron chi connectivity index (χ1n) is 7.26. The molecular formula is C16H17ClN2O3S. The van der Waals surface area contributed by atoms with Gasteiger partial charge in [-0.2, -0.15) is 0 Å². The lowest BCUT2D eigenvalue weighted by atomic mass is 9.85. The van der Waals surface area contributed by atoms with Crippen LogP contribution in [0, 0.1) is 0 Å². The summed E-state index contributed by atoms with van der Waals surface area (Å²) in [5.41, 5.74) is 2.71. The highest BCUT2D eigenvalue weighted by Crippen LogP contribution is 2.43. The molecule has 1 unspecified atom stereocenters. The maximum Gasteiger partial charge on any atom is 0.336 e. The summed E-state index contributed by atoms with van der Waals surface area (Å²) in [7, 11) is 1.36. The van der Waals surface area contributed by atoms with Gasteiger partial charge in [0, 0.05) is 28.7 Å². The zero-order valence-corrected chi connectivity index (χ0v) is 14.5. The highest BCUT2D eigenvalue weighted by Gasteiger charge is 2.43. The van der Waals surface area contributed by atoms with Crippen LogP contribution in [0.3, 0.4) is 0 Å². The van der Waals surface area contributed by atoms with E-state index in [-0.39, 0.29) is 11.8 Å². The minimum Gasteiger partial charge on any atom is -0.466 e. The van der Waals surface area contributed by atoms with Crippen LogP contribution in [0.25, 0.3) is 0 Å². The highest BCUT2D eigenvalue weighted by atomic mass is 35.5. The smallest absolute Gasteiger partial charge is 0.336 e. The molecule has 0 saturated carbocycles. The van der Waals surface area contributed by atoms with Gasteiger partial charge in [0.15, 0.2) is 0 Å². The van der Waals surface area contributed by atoms with Crippen LogP contribution >= 0.6 is 22.9 Å². The third-order valence-electron chi connectivity index (χ3n) is 4.10. The van der Waals surface area contributed by atoms with E-state index < -0.39 is 5.97 Å². The van der Waals surface area contributed by atoms with Crippen LogP contribution < -0.4 is 5.32 Å². The third kappa shape index (κ3) is 2.66. The summed E-state index contributed by atoms with van der Waals surface area (Å²) in [6.07, 6.45) is 0. The largest absolute Gasteiger partial charge is 0.466 e. The van der Waals surface area contributed by atoms with E-state index in [0.29, 0.717) is 30.1 Å². The van der Waals surface area contributed by atoms with Gasteiger partial charge in [-0.25, -0.2) is 4.79 Å². The number of carbonyl (C=O) groups is 2. The summed E-state index contributed by atoms with van der Waals surface area (Å²) < 4.78 is 4.95. The van der Waals surface area contributed by atoms with Crippen molar-refractivity contribution in [3.05, 3.63) is 44.9 Å². The van der Waals surface area contributed by atoms with Crippen LogP contribution in [0.5, 0.6) is 0 Å². The second kappa shape index (κ2) is 6.37. The summed E-state index contributed by atoms with van der Waals surface area (Å²) >= 11 is 7.32. The monoisotopic (exact) mass is 352 g/mol. The van der Waals surface area contributed by atoms with Crippen molar-refractivity contribution in [2.75, 3.05) is 26.1 Å². The Bertz CT molecular complexity index is 709. The van der Waals surface area contributed by atoms with E-state index in [1.807, 2.05) is 24.4 Å². The first-order chi connectivity index (χ1) is 11.1. The van der Waals surface area contributed by atoms with E-state index in [9.17, 15) is 9.59 Å². The number of alkyl halides is 1. The molecule has 0 spiro atoms. The average molecular weight is 353 g/mol. The third-order valence-corrected chi connectivity index (χ3v) is 5.21. The van der Waals surface area contributed by atoms with Crippen LogP contribution in [0.4, 0.5) is 0 Å². The van der Waals surface area contributed by atoms with Gasteiger partial charge in [0.2, 0.25) is 0 Å². The van der Waals surface area contributed by atoms with Crippen LogP contribution in [0.2, 0.25) is 0 Å². The van der Waals surface area contributed by atoms with Crippen molar-refractivity contribution in [1.29, 1.82) is 0 Å². The molecule has 1 N–H and O–H groups in total. The molecule has 23 heavy (non-hydrogen) atoms. The number of ether oxygens (including phenoxy) is 1. The number of hydrogen-bond acceptors (Lipinski definition) is 5. The molecule has 1 atom stereocenters. The molecular weight excluding hydrogens is 336 g/mol. The van der Waals surface area contributed by atoms with E-state index in [2.05, 4.69) is 5.32 Å². The Morgan fingerprint density at radius 3 is 2.96 bits per heavy atom. The molecule has 5 nitrogen and oxygen atoms in total. The molecule has 3 heterocycles. The van der Waals surface area contributed by atoms with Gasteiger partial charge < -0.3 is 15.0 Å². The van der Waals surface area contributed by atoms with Crippen LogP contribution in [0.15, 0.2) is 40.1 Å². The van der Waals surface area contributed by atoms with Crippen molar-refractivity contribution in [3.8, 4) is 0 Å². The number of esters is 1. The zero-order chi connectivity index (χ0) is 16.6. The molecule has 122 valence electrons. The number of methoxy groups -OCH3 is 1. The van der Waals surface area contributed by atoms with E-state index in [1.165, 1.54) is 18.4 Å². The molecule has 0 saturated heterocycles. The fourth-order valence-corrected chi connectivity index (χ4v) is 4.16. The Hall–Kier alpha value is -1.79. The standard InChI is InChI=1S/C16H17ClN2O3S/c1-9-12(16(21)22-2)14(11-4-3-7-23-11)13-10(18-9)8-19(6-5-17)15(13)20/h3-4,7,14,18H,5-6,8H2,1-2H3. The van der Waals surface area contributed by atoms with Gasteiger partial charge in [0.05, 0.1) is 30.7 Å². The van der Waals surface area contributed by atoms with Gasteiger partial charge in [-0.3, -0.25) is 4.79 Å². The van der Waals surface area contributed by atoms with E-state index in [1.54, 1.807) is 4.90 Å². The van der Waals surface area contributed by atoms with Gasteiger partial charge in [0.1, 0.15) is 0 Å². The maximum atomic E-state index is 12.8. The predicted molar refractivity (Wildman–Crippen MR) is 89.2 cm³/mol. The fraction of sp³-hybridized carbons (Fsp3) is 0.375. The number of rotatable bonds is 4. The number of dihydropyridines is 1. The summed E-state index contributed by atoms with van der Waals surface area (Å²) in [5, 5.41) is 5.15. The topological polar surface area (TPSA) is 58.6 Å². The molecule has 7 heteroatoms. The first kappa shape index (κ1) is 16.1. The summed E-state index contributed by atoms with van der Waals surface area (Å²) in [6, 6.07) is 3.86. The van der Waals surface area contributed by atoms with E-state index >= 15 is 0 Å². The van der Waals surface area contributed by atoms with E-state index in [4.69, 9.17) is 16.3 Å². The van der Waals surface area contributed by atoms with Gasteiger partial charge in [-0.1, -0.05) is 6.07 Å². The lowest BCUT2D eigenvalue weighted by Gasteiger charge is -2.27. The molecule has 1 aromatic rings. The summed E-state index contributed by atoms with van der Waals surface area (Å²) in [4.78, 5) is 27.8. The Balaban J connectivity index is 2.08. The Morgan fingerprint density at radius 1 is 1.57 bits per heavy atom. The molecule has 0 fully saturated rings. The second-order valence-corrected chi connectivity index (χ2v) is 6.77. The minimum absolute atomic E-state index is 0.0690. The van der Waals surface area contributed by atoms with Crippen LogP contribution in [-0.4, -0.2) is 42.9 Å². The lowest BCUT2D eigenvalue weighted by Crippen LogP contribution is -2.31. The van der Waals surface area contributed by atoms with Crippen molar-refractivity contribution < 1.29 is 14.3 Å². The molecule has 0 bridgehead atoms. The number of nitrogens with zero attached hydrogens (tertiary/aromatic N) is 1. The predicted octanol–water partition coefficient (Wildman–Crippen LogP) is 2.22. The Kier molecular flexibility index (Phi) is 4.46. The van der Waals surface area contributed by atoms with Crippen molar-refractivity contribution in [3.63, 3.8) is 0 Å². The van der Waals surface area contributed by atoms with Crippen molar-refractivity contribution in [2.45, 2.75) is 12.8 Å². The molecule has 2 aliphatic heterocycles. The van der Waals surface area contributed by atoms with E-state index in [0.717, 1.165) is 16.3 Å². The summed E-state index contributed by atoms with van der Waals surface area (Å²) in [6.45, 7) is 2.82. The van der Waals surface area contributed by atoms with Gasteiger partial charge in [0.25, 0.3) is 5.91 Å². The quantitative estimate of drug-likeness (QED) is 0.666. The average Bonchev–Trinajstić information content (AvgIpc) is 3.15. The number of carbonyl (C=O) groups excluding carboxylic acids is 2. The molecule has 1 amide bonds. The molecule has 0 aromatic carbocycles. The lowest BCUT2D eigenvalue weighted by molar-refractivity contribution is -0.136. The van der Waals surface area contributed by atoms with Gasteiger partial charge in [-0.15, -0.1) is 22.9 Å². The van der Waals surface area contributed by atoms with Gasteiger partial charge in [-0.05, 0) is 18.4 Å². The minimum atomic E-state index is -0.413. The number of thiophene rings is 1. The van der Waals surface area contributed by atoms with Crippen molar-refractivity contribution in [2.24, 2.45) is 0 Å². The first-order valence-corrected chi connectivity index (χ1v) is 8.67. The van der Waals surface area contributed by atoms with Crippen LogP contribution in [0.1, 0.15) is 17.7 Å². The number of amides is 1. The molecule has 1 aromatic heterocycles. The maximum absolute atomic E-state index is 12.8. The molecule has 2 aliphatic rings. The van der Waals surface area contributed by atoms with Crippen LogP contribution in [-0.2, 0) is 14.3 Å². The number of nitrogens with one attached hydrogen (secondary N) is 1. The molecule has 3 rings (SSSR count). The van der Waals surface area contributed by atoms with Crippen molar-refractivity contribution in [1.82, 2.24) is 10.2 Å². The SMILES string of the molecule is COC(=O)C1=C(C)NC2=C(C(=O)N(CCCl)C2)C1c1cccs1. The number of hydrogen-bond donors (Lipinski definition) is 1. The Morgan fingerprint density at radius 2 is 2.35 bits per heavy atom. The summed E-state index contributed by atoms with van der Waals surface area (Å²) in [5.74, 6) is -0.484. The fourth-order valence-electron chi connectivity index (χ4n) is 3.11. The van der Waals surface area contributed by atoms with Crippen molar-refractivity contribution >= 4 is 34.8 Å². The Labute approximate surface area is 143 Å². The second-order valence-electron chi connectivity index (χ2n) is 5.41. The normalized spacial score (nSPS) is 20.7. The van der Waals surface area contributed by atoms with Gasteiger partial charge >= 0.3 is 5.97 Å². The molecule has 0 aliphatic carbocycles. The highest BCUT2D eigenvalue weighted by molar-refractivity contribution is 7.10. The number of halogens is 1. The number of allylic oxidation sites excluding steroid dienone is 1. The molecule has 0 radical (unpaired) electrons.